The molecule has 0 aliphatic heterocycles. The molecule has 0 saturated heterocycles. The Kier molecular flexibility index (Phi) is 6.18. The van der Waals surface area contributed by atoms with Crippen molar-refractivity contribution in [2.75, 3.05) is 4.90 Å². The first-order valence-corrected chi connectivity index (χ1v) is 17.5. The summed E-state index contributed by atoms with van der Waals surface area (Å²) in [7, 11) is 0. The quantitative estimate of drug-likeness (QED) is 0.183. The average Bonchev–Trinajstić information content (AvgIpc) is 3.90. The van der Waals surface area contributed by atoms with Crippen LogP contribution in [0.15, 0.2) is 185 Å². The highest BCUT2D eigenvalue weighted by molar-refractivity contribution is 6.15. The van der Waals surface area contributed by atoms with E-state index in [1.807, 2.05) is 48.5 Å². The fourth-order valence-corrected chi connectivity index (χ4v) is 7.78. The topological polar surface area (TPSA) is 47.3 Å². The number of hydrogen-bond donors (Lipinski definition) is 0. The van der Waals surface area contributed by atoms with Gasteiger partial charge in [-0.05, 0) is 95.7 Å². The molecule has 0 aliphatic carbocycles. The van der Waals surface area contributed by atoms with Gasteiger partial charge in [-0.25, -0.2) is 4.98 Å². The number of aromatic nitrogens is 2. The molecule has 0 atom stereocenters. The Morgan fingerprint density at radius 2 is 1.15 bits per heavy atom. The van der Waals surface area contributed by atoms with Gasteiger partial charge in [-0.3, -0.25) is 0 Å². The van der Waals surface area contributed by atoms with Crippen molar-refractivity contribution in [1.29, 1.82) is 0 Å². The molecular weight excluding hydrogens is 639 g/mol. The van der Waals surface area contributed by atoms with Crippen molar-refractivity contribution in [3.8, 4) is 17.1 Å². The average molecular weight is 668 g/mol. The minimum atomic E-state index is 0.589. The van der Waals surface area contributed by atoms with Crippen molar-refractivity contribution in [2.45, 2.75) is 0 Å². The molecule has 244 valence electrons. The Morgan fingerprint density at radius 3 is 2.02 bits per heavy atom. The van der Waals surface area contributed by atoms with E-state index in [9.17, 15) is 0 Å². The number of furan rings is 1. The maximum atomic E-state index is 6.65. The molecule has 0 N–H and O–H groups in total. The predicted octanol–water partition coefficient (Wildman–Crippen LogP) is 13.1. The van der Waals surface area contributed by atoms with Gasteiger partial charge in [0.2, 0.25) is 5.89 Å². The van der Waals surface area contributed by atoms with Crippen molar-refractivity contribution < 1.29 is 8.83 Å². The Morgan fingerprint density at radius 1 is 0.462 bits per heavy atom. The van der Waals surface area contributed by atoms with Crippen molar-refractivity contribution in [3.05, 3.63) is 176 Å². The van der Waals surface area contributed by atoms with Gasteiger partial charge in [0.15, 0.2) is 5.58 Å². The predicted molar refractivity (Wildman–Crippen MR) is 213 cm³/mol. The molecular formula is C47H29N3O2. The number of benzene rings is 8. The van der Waals surface area contributed by atoms with Crippen molar-refractivity contribution in [3.63, 3.8) is 0 Å². The van der Waals surface area contributed by atoms with Crippen LogP contribution in [0.2, 0.25) is 0 Å². The normalized spacial score (nSPS) is 11.8. The smallest absolute Gasteiger partial charge is 0.227 e. The molecule has 8 aromatic carbocycles. The zero-order valence-electron chi connectivity index (χ0n) is 27.9. The molecule has 0 fully saturated rings. The lowest BCUT2D eigenvalue weighted by Crippen LogP contribution is -2.10. The van der Waals surface area contributed by atoms with E-state index in [2.05, 4.69) is 137 Å². The molecule has 11 rings (SSSR count). The minimum absolute atomic E-state index is 0.589. The van der Waals surface area contributed by atoms with Crippen LogP contribution in [0.5, 0.6) is 0 Å². The van der Waals surface area contributed by atoms with Gasteiger partial charge >= 0.3 is 0 Å². The summed E-state index contributed by atoms with van der Waals surface area (Å²) in [4.78, 5) is 7.23. The Balaban J connectivity index is 1.20. The molecule has 3 heterocycles. The molecule has 0 spiro atoms. The lowest BCUT2D eigenvalue weighted by molar-refractivity contribution is 0.620. The molecule has 0 bridgehead atoms. The fourth-order valence-electron chi connectivity index (χ4n) is 7.78. The van der Waals surface area contributed by atoms with Crippen LogP contribution in [0.1, 0.15) is 0 Å². The van der Waals surface area contributed by atoms with Gasteiger partial charge in [0.05, 0.1) is 16.7 Å². The summed E-state index contributed by atoms with van der Waals surface area (Å²) in [6.07, 6.45) is 0. The second-order valence-electron chi connectivity index (χ2n) is 13.2. The molecule has 0 saturated carbocycles. The van der Waals surface area contributed by atoms with E-state index in [-0.39, 0.29) is 0 Å². The number of hydrogen-bond acceptors (Lipinski definition) is 4. The second kappa shape index (κ2) is 11.2. The standard InChI is InChI=1S/C47H29N3O2/c1-3-12-30(13-4-1)47-48-40-19-11-20-41(46(40)52-47)49(34-23-25-45-39(28-34)37-18-9-10-21-44(37)51-45)35-22-24-36-38-26-31-14-7-8-15-32(31)27-42(38)50(43(36)29-35)33-16-5-2-6-17-33/h1-29H. The van der Waals surface area contributed by atoms with E-state index in [0.717, 1.165) is 61.3 Å². The summed E-state index contributed by atoms with van der Waals surface area (Å²) in [5.41, 5.74) is 10.4. The van der Waals surface area contributed by atoms with E-state index in [0.29, 0.717) is 11.5 Å². The maximum Gasteiger partial charge on any atom is 0.227 e. The molecule has 0 aliphatic rings. The number of fused-ring (bicyclic) bond motifs is 8. The second-order valence-corrected chi connectivity index (χ2v) is 13.2. The van der Waals surface area contributed by atoms with E-state index in [1.54, 1.807) is 0 Å². The SMILES string of the molecule is c1ccc(-c2nc3cccc(N(c4ccc5oc6ccccc6c5c4)c4ccc5c6cc7ccccc7cc6n(-c6ccccc6)c5c4)c3o2)cc1. The molecule has 3 aromatic heterocycles. The summed E-state index contributed by atoms with van der Waals surface area (Å²) in [5, 5.41) is 6.97. The highest BCUT2D eigenvalue weighted by Crippen LogP contribution is 2.44. The number of anilines is 3. The number of oxazole rings is 1. The number of nitrogens with zero attached hydrogens (tertiary/aromatic N) is 3. The monoisotopic (exact) mass is 667 g/mol. The van der Waals surface area contributed by atoms with Crippen molar-refractivity contribution in [2.24, 2.45) is 0 Å². The zero-order valence-corrected chi connectivity index (χ0v) is 27.9. The molecule has 52 heavy (non-hydrogen) atoms. The summed E-state index contributed by atoms with van der Waals surface area (Å²) in [5.74, 6) is 0.589. The van der Waals surface area contributed by atoms with Gasteiger partial charge in [-0.1, -0.05) is 91.0 Å². The maximum absolute atomic E-state index is 6.65. The third-order valence-corrected chi connectivity index (χ3v) is 10.2. The number of rotatable bonds is 5. The van der Waals surface area contributed by atoms with Gasteiger partial charge in [0, 0.05) is 44.2 Å². The van der Waals surface area contributed by atoms with Gasteiger partial charge in [0.1, 0.15) is 16.7 Å². The lowest BCUT2D eigenvalue weighted by atomic mass is 10.1. The third-order valence-electron chi connectivity index (χ3n) is 10.2. The Hall–Kier alpha value is -7.11. The van der Waals surface area contributed by atoms with Crippen LogP contribution in [0.3, 0.4) is 0 Å². The van der Waals surface area contributed by atoms with Crippen molar-refractivity contribution >= 4 is 82.7 Å². The molecule has 5 nitrogen and oxygen atoms in total. The van der Waals surface area contributed by atoms with Crippen molar-refractivity contribution in [1.82, 2.24) is 9.55 Å². The van der Waals surface area contributed by atoms with Crippen LogP contribution >= 0.6 is 0 Å². The molecule has 11 aromatic rings. The summed E-state index contributed by atoms with van der Waals surface area (Å²) in [6.45, 7) is 0. The van der Waals surface area contributed by atoms with Gasteiger partial charge in [-0.2, -0.15) is 0 Å². The highest BCUT2D eigenvalue weighted by atomic mass is 16.3. The van der Waals surface area contributed by atoms with E-state index in [1.165, 1.54) is 27.1 Å². The largest absolute Gasteiger partial charge is 0.456 e. The van der Waals surface area contributed by atoms with Gasteiger partial charge in [-0.15, -0.1) is 0 Å². The lowest BCUT2D eigenvalue weighted by Gasteiger charge is -2.25. The fraction of sp³-hybridized carbons (Fsp3) is 0. The summed E-state index contributed by atoms with van der Waals surface area (Å²) in [6, 6.07) is 61.5. The molecule has 0 unspecified atom stereocenters. The minimum Gasteiger partial charge on any atom is -0.456 e. The molecule has 5 heteroatoms. The van der Waals surface area contributed by atoms with Crippen LogP contribution in [-0.4, -0.2) is 9.55 Å². The first-order chi connectivity index (χ1) is 25.8. The molecule has 0 amide bonds. The Labute approximate surface area is 298 Å². The van der Waals surface area contributed by atoms with E-state index in [4.69, 9.17) is 13.8 Å². The van der Waals surface area contributed by atoms with E-state index >= 15 is 0 Å². The summed E-state index contributed by atoms with van der Waals surface area (Å²) >= 11 is 0. The Bertz CT molecular complexity index is 3140. The first-order valence-electron chi connectivity index (χ1n) is 17.5. The van der Waals surface area contributed by atoms with Gasteiger partial charge < -0.3 is 18.3 Å². The van der Waals surface area contributed by atoms with Crippen LogP contribution in [0, 0.1) is 0 Å². The first kappa shape index (κ1) is 28.7. The zero-order chi connectivity index (χ0) is 34.2. The van der Waals surface area contributed by atoms with Crippen LogP contribution in [-0.2, 0) is 0 Å². The van der Waals surface area contributed by atoms with Gasteiger partial charge in [0.25, 0.3) is 0 Å². The summed E-state index contributed by atoms with van der Waals surface area (Å²) < 4.78 is 15.3. The molecule has 0 radical (unpaired) electrons. The number of para-hydroxylation sites is 3. The van der Waals surface area contributed by atoms with Crippen LogP contribution in [0.4, 0.5) is 17.1 Å². The van der Waals surface area contributed by atoms with E-state index < -0.39 is 0 Å². The highest BCUT2D eigenvalue weighted by Gasteiger charge is 2.23. The van der Waals surface area contributed by atoms with Crippen LogP contribution in [0.25, 0.3) is 82.8 Å². The van der Waals surface area contributed by atoms with Crippen LogP contribution < -0.4 is 4.90 Å². The third kappa shape index (κ3) is 4.39.